The first-order valence-corrected chi connectivity index (χ1v) is 4.80. The van der Waals surface area contributed by atoms with Crippen LogP contribution in [0.5, 0.6) is 0 Å². The first-order valence-electron chi connectivity index (χ1n) is 4.80. The monoisotopic (exact) mass is 217 g/mol. The molecule has 0 radical (unpaired) electrons. The van der Waals surface area contributed by atoms with E-state index in [4.69, 9.17) is 9.84 Å². The Morgan fingerprint density at radius 3 is 2.27 bits per heavy atom. The fraction of sp³-hybridized carbons (Fsp3) is 0.800. The molecule has 0 aromatic heterocycles. The SMILES string of the molecule is COCCCC(C)(C(=O)O)C(=O)N(C)C. The summed E-state index contributed by atoms with van der Waals surface area (Å²) in [4.78, 5) is 24.1. The van der Waals surface area contributed by atoms with Crippen LogP contribution in [0.2, 0.25) is 0 Å². The maximum absolute atomic E-state index is 11.7. The Hall–Kier alpha value is -1.10. The largest absolute Gasteiger partial charge is 0.480 e. The van der Waals surface area contributed by atoms with E-state index in [2.05, 4.69) is 0 Å². The minimum atomic E-state index is -1.35. The van der Waals surface area contributed by atoms with Gasteiger partial charge in [0.25, 0.3) is 0 Å². The van der Waals surface area contributed by atoms with Crippen molar-refractivity contribution in [3.63, 3.8) is 0 Å². The van der Waals surface area contributed by atoms with E-state index >= 15 is 0 Å². The molecule has 88 valence electrons. The van der Waals surface area contributed by atoms with Crippen molar-refractivity contribution in [2.24, 2.45) is 5.41 Å². The molecule has 0 spiro atoms. The summed E-state index contributed by atoms with van der Waals surface area (Å²) in [6.07, 6.45) is 0.839. The van der Waals surface area contributed by atoms with E-state index in [1.54, 1.807) is 21.2 Å². The van der Waals surface area contributed by atoms with Crippen molar-refractivity contribution in [1.82, 2.24) is 4.90 Å². The van der Waals surface area contributed by atoms with Crippen LogP contribution in [0.25, 0.3) is 0 Å². The van der Waals surface area contributed by atoms with E-state index in [-0.39, 0.29) is 12.3 Å². The molecule has 0 aromatic rings. The second kappa shape index (κ2) is 5.70. The summed E-state index contributed by atoms with van der Waals surface area (Å²) in [5.74, 6) is -1.47. The Morgan fingerprint density at radius 2 is 1.93 bits per heavy atom. The third-order valence-corrected chi connectivity index (χ3v) is 2.38. The van der Waals surface area contributed by atoms with Crippen molar-refractivity contribution >= 4 is 11.9 Å². The molecule has 0 saturated heterocycles. The second-order valence-corrected chi connectivity index (χ2v) is 3.93. The highest BCUT2D eigenvalue weighted by Gasteiger charge is 2.41. The van der Waals surface area contributed by atoms with E-state index < -0.39 is 11.4 Å². The molecule has 0 aliphatic rings. The average molecular weight is 217 g/mol. The molecule has 0 aromatic carbocycles. The molecule has 1 unspecified atom stereocenters. The lowest BCUT2D eigenvalue weighted by molar-refractivity contribution is -0.159. The van der Waals surface area contributed by atoms with Gasteiger partial charge in [0, 0.05) is 27.8 Å². The van der Waals surface area contributed by atoms with E-state index in [1.165, 1.54) is 11.8 Å². The van der Waals surface area contributed by atoms with Crippen molar-refractivity contribution in [2.45, 2.75) is 19.8 Å². The van der Waals surface area contributed by atoms with Gasteiger partial charge in [0.1, 0.15) is 5.41 Å². The Bertz CT molecular complexity index is 240. The minimum Gasteiger partial charge on any atom is -0.480 e. The zero-order valence-electron chi connectivity index (χ0n) is 9.74. The normalized spacial score (nSPS) is 14.4. The Kier molecular flexibility index (Phi) is 5.28. The van der Waals surface area contributed by atoms with Crippen molar-refractivity contribution in [1.29, 1.82) is 0 Å². The van der Waals surface area contributed by atoms with Crippen LogP contribution >= 0.6 is 0 Å². The predicted octanol–water partition coefficient (Wildman–Crippen LogP) is 0.592. The molecule has 0 aliphatic carbocycles. The Balaban J connectivity index is 4.60. The molecule has 0 bridgehead atoms. The standard InChI is InChI=1S/C10H19NO4/c1-10(9(13)14,6-5-7-15-4)8(12)11(2)3/h5-7H2,1-4H3,(H,13,14). The van der Waals surface area contributed by atoms with Crippen molar-refractivity contribution < 1.29 is 19.4 Å². The average Bonchev–Trinajstić information content (AvgIpc) is 2.16. The molecule has 0 aliphatic heterocycles. The molecule has 1 amide bonds. The zero-order chi connectivity index (χ0) is 12.1. The highest BCUT2D eigenvalue weighted by atomic mass is 16.5. The molecule has 5 nitrogen and oxygen atoms in total. The number of methoxy groups -OCH3 is 1. The summed E-state index contributed by atoms with van der Waals surface area (Å²) >= 11 is 0. The maximum Gasteiger partial charge on any atom is 0.318 e. The van der Waals surface area contributed by atoms with Gasteiger partial charge in [-0.05, 0) is 19.8 Å². The number of carboxylic acid groups (broad SMARTS) is 1. The highest BCUT2D eigenvalue weighted by molar-refractivity contribution is 6.01. The van der Waals surface area contributed by atoms with Gasteiger partial charge < -0.3 is 14.7 Å². The van der Waals surface area contributed by atoms with Gasteiger partial charge in [-0.2, -0.15) is 0 Å². The molecule has 15 heavy (non-hydrogen) atoms. The lowest BCUT2D eigenvalue weighted by Crippen LogP contribution is -2.44. The Morgan fingerprint density at radius 1 is 1.40 bits per heavy atom. The van der Waals surface area contributed by atoms with Crippen LogP contribution in [0, 0.1) is 5.41 Å². The van der Waals surface area contributed by atoms with Gasteiger partial charge in [-0.15, -0.1) is 0 Å². The van der Waals surface area contributed by atoms with Crippen molar-refractivity contribution in [3.05, 3.63) is 0 Å². The van der Waals surface area contributed by atoms with Gasteiger partial charge in [-0.3, -0.25) is 9.59 Å². The summed E-state index contributed by atoms with van der Waals surface area (Å²) < 4.78 is 4.84. The number of carbonyl (C=O) groups excluding carboxylic acids is 1. The smallest absolute Gasteiger partial charge is 0.318 e. The number of ether oxygens (including phenoxy) is 1. The fourth-order valence-corrected chi connectivity index (χ4v) is 1.37. The molecule has 1 atom stereocenters. The fourth-order valence-electron chi connectivity index (χ4n) is 1.37. The van der Waals surface area contributed by atoms with Gasteiger partial charge in [-0.1, -0.05) is 0 Å². The number of hydrogen-bond donors (Lipinski definition) is 1. The molecule has 0 heterocycles. The van der Waals surface area contributed by atoms with Gasteiger partial charge in [0.05, 0.1) is 0 Å². The van der Waals surface area contributed by atoms with Crippen LogP contribution in [0.15, 0.2) is 0 Å². The lowest BCUT2D eigenvalue weighted by atomic mass is 9.84. The molecule has 0 saturated carbocycles. The number of nitrogens with zero attached hydrogens (tertiary/aromatic N) is 1. The third kappa shape index (κ3) is 3.51. The number of hydrogen-bond acceptors (Lipinski definition) is 3. The molecule has 0 rings (SSSR count). The third-order valence-electron chi connectivity index (χ3n) is 2.38. The van der Waals surface area contributed by atoms with Crippen molar-refractivity contribution in [3.8, 4) is 0 Å². The lowest BCUT2D eigenvalue weighted by Gasteiger charge is -2.26. The van der Waals surface area contributed by atoms with Crippen LogP contribution in [0.1, 0.15) is 19.8 Å². The molecule has 0 fully saturated rings. The van der Waals surface area contributed by atoms with Gasteiger partial charge in [0.15, 0.2) is 0 Å². The summed E-state index contributed by atoms with van der Waals surface area (Å²) in [6.45, 7) is 1.91. The predicted molar refractivity (Wildman–Crippen MR) is 55.5 cm³/mol. The van der Waals surface area contributed by atoms with Gasteiger partial charge in [0.2, 0.25) is 5.91 Å². The minimum absolute atomic E-state index is 0.285. The van der Waals surface area contributed by atoms with Crippen molar-refractivity contribution in [2.75, 3.05) is 27.8 Å². The number of carbonyl (C=O) groups is 2. The number of aliphatic carboxylic acids is 1. The first-order chi connectivity index (χ1) is 6.86. The van der Waals surface area contributed by atoms with E-state index in [0.29, 0.717) is 13.0 Å². The quantitative estimate of drug-likeness (QED) is 0.522. The molecular weight excluding hydrogens is 198 g/mol. The van der Waals surface area contributed by atoms with Crippen LogP contribution in [0.4, 0.5) is 0 Å². The number of carboxylic acids is 1. The second-order valence-electron chi connectivity index (χ2n) is 3.93. The highest BCUT2D eigenvalue weighted by Crippen LogP contribution is 2.25. The summed E-state index contributed by atoms with van der Waals surface area (Å²) in [5.41, 5.74) is -1.35. The zero-order valence-corrected chi connectivity index (χ0v) is 9.74. The van der Waals surface area contributed by atoms with E-state index in [0.717, 1.165) is 0 Å². The number of rotatable bonds is 6. The van der Waals surface area contributed by atoms with Crippen LogP contribution in [-0.2, 0) is 14.3 Å². The van der Waals surface area contributed by atoms with Crippen LogP contribution in [-0.4, -0.2) is 49.7 Å². The topological polar surface area (TPSA) is 66.8 Å². The summed E-state index contributed by atoms with van der Waals surface area (Å²) in [5, 5.41) is 9.06. The Labute approximate surface area is 90.0 Å². The van der Waals surface area contributed by atoms with Crippen LogP contribution in [0.3, 0.4) is 0 Å². The summed E-state index contributed by atoms with van der Waals surface area (Å²) in [7, 11) is 4.66. The molecular formula is C10H19NO4. The summed E-state index contributed by atoms with van der Waals surface area (Å²) in [6, 6.07) is 0. The van der Waals surface area contributed by atoms with E-state index in [9.17, 15) is 9.59 Å². The van der Waals surface area contributed by atoms with E-state index in [1.807, 2.05) is 0 Å². The maximum atomic E-state index is 11.7. The molecule has 5 heteroatoms. The number of amides is 1. The van der Waals surface area contributed by atoms with Gasteiger partial charge >= 0.3 is 5.97 Å². The van der Waals surface area contributed by atoms with Gasteiger partial charge in [-0.25, -0.2) is 0 Å². The van der Waals surface area contributed by atoms with Crippen LogP contribution < -0.4 is 0 Å². The first kappa shape index (κ1) is 13.9. The molecule has 1 N–H and O–H groups in total.